The van der Waals surface area contributed by atoms with Crippen LogP contribution in [0.1, 0.15) is 27.7 Å². The summed E-state index contributed by atoms with van der Waals surface area (Å²) >= 11 is 7.69. The van der Waals surface area contributed by atoms with Gasteiger partial charge in [0, 0.05) is 11.8 Å². The van der Waals surface area contributed by atoms with Gasteiger partial charge in [0.1, 0.15) is 0 Å². The van der Waals surface area contributed by atoms with Crippen LogP contribution in [0, 0.1) is 127 Å². The van der Waals surface area contributed by atoms with Gasteiger partial charge in [0.05, 0.1) is 8.47 Å². The van der Waals surface area contributed by atoms with Gasteiger partial charge in [-0.3, -0.25) is 0 Å². The molecule has 6 rings (SSSR count). The van der Waals surface area contributed by atoms with Crippen molar-refractivity contribution in [1.29, 1.82) is 0 Å². The minimum atomic E-state index is 0. The van der Waals surface area contributed by atoms with Crippen LogP contribution in [0.15, 0.2) is 39.2 Å². The molecule has 194 valence electrons. The molecule has 0 bridgehead atoms. The fraction of sp³-hybridized carbons (Fsp3) is 0.125. The first-order chi connectivity index (χ1) is 17.5. The monoisotopic (exact) mass is 654 g/mol. The van der Waals surface area contributed by atoms with Crippen LogP contribution in [0.4, 0.5) is 0 Å². The Balaban J connectivity index is 0.000000354. The molecule has 0 aromatic carbocycles. The third kappa shape index (κ3) is 10.3. The molecule has 4 saturated carbocycles. The standard InChI is InChI=1S/C22H20S4.2C5H5.2Fe/c1-13-14(2)24-21(23-13)19(17-9-5-6-10-17)20(18-11-7-8-12-18)22-25-15(3)16(4)26-22;2*1-2-4-5-3-1;;/h5-12H,1-4H3;2*1-5H;;/q;;;2*+2. The van der Waals surface area contributed by atoms with Crippen LogP contribution in [-0.2, 0) is 34.1 Å². The molecule has 4 aliphatic carbocycles. The van der Waals surface area contributed by atoms with E-state index in [2.05, 4.69) is 79.1 Å². The van der Waals surface area contributed by atoms with Gasteiger partial charge in [0.25, 0.3) is 0 Å². The molecule has 0 nitrogen and oxygen atoms in total. The first-order valence-electron chi connectivity index (χ1n) is 11.9. The molecule has 0 saturated heterocycles. The summed E-state index contributed by atoms with van der Waals surface area (Å²) in [6.45, 7) is 8.92. The van der Waals surface area contributed by atoms with E-state index in [-0.39, 0.29) is 34.1 Å². The molecule has 0 unspecified atom stereocenters. The van der Waals surface area contributed by atoms with Crippen molar-refractivity contribution in [3.63, 3.8) is 0 Å². The minimum absolute atomic E-state index is 0. The number of rotatable bonds is 3. The molecule has 2 aliphatic heterocycles. The maximum atomic E-state index is 2.24. The molecule has 0 spiro atoms. The topological polar surface area (TPSA) is 0 Å². The summed E-state index contributed by atoms with van der Waals surface area (Å²) in [5.74, 6) is 2.63. The van der Waals surface area contributed by atoms with Gasteiger partial charge in [0.2, 0.25) is 0 Å². The van der Waals surface area contributed by atoms with Crippen molar-refractivity contribution < 1.29 is 34.1 Å². The summed E-state index contributed by atoms with van der Waals surface area (Å²) in [5, 5.41) is 0. The van der Waals surface area contributed by atoms with Crippen molar-refractivity contribution >= 4 is 47.0 Å². The van der Waals surface area contributed by atoms with Crippen molar-refractivity contribution in [2.45, 2.75) is 27.7 Å². The van der Waals surface area contributed by atoms with Gasteiger partial charge < -0.3 is 0 Å². The zero-order chi connectivity index (χ0) is 25.3. The quantitative estimate of drug-likeness (QED) is 0.278. The molecule has 0 atom stereocenters. The predicted molar refractivity (Wildman–Crippen MR) is 165 cm³/mol. The van der Waals surface area contributed by atoms with E-state index in [0.29, 0.717) is 0 Å². The average molecular weight is 655 g/mol. The number of allylic oxidation sites excluding steroid dienone is 6. The second kappa shape index (κ2) is 18.8. The second-order valence-corrected chi connectivity index (χ2v) is 13.6. The molecular formula is C32H30Fe2S4+4. The fourth-order valence-corrected chi connectivity index (χ4v) is 8.85. The summed E-state index contributed by atoms with van der Waals surface area (Å²) in [5.41, 5.74) is 2.76. The third-order valence-electron chi connectivity index (χ3n) is 5.65. The van der Waals surface area contributed by atoms with E-state index < -0.39 is 0 Å². The third-order valence-corrected chi connectivity index (χ3v) is 10.9. The molecular weight excluding hydrogens is 624 g/mol. The molecule has 0 amide bonds. The normalized spacial score (nSPS) is 23.7. The van der Waals surface area contributed by atoms with Crippen molar-refractivity contribution in [1.82, 2.24) is 0 Å². The molecule has 2 heterocycles. The Morgan fingerprint density at radius 3 is 0.789 bits per heavy atom. The van der Waals surface area contributed by atoms with Crippen LogP contribution in [0.25, 0.3) is 0 Å². The molecule has 6 aliphatic rings. The molecule has 38 heavy (non-hydrogen) atoms. The number of thioether (sulfide) groups is 4. The van der Waals surface area contributed by atoms with Gasteiger partial charge in [-0.2, -0.15) is 0 Å². The predicted octanol–water partition coefficient (Wildman–Crippen LogP) is 9.72. The zero-order valence-corrected chi connectivity index (χ0v) is 27.2. The van der Waals surface area contributed by atoms with Gasteiger partial charge in [-0.1, -0.05) is 47.0 Å². The van der Waals surface area contributed by atoms with Gasteiger partial charge in [0.15, 0.2) is 0 Å². The summed E-state index contributed by atoms with van der Waals surface area (Å²) in [6.07, 6.45) is 37.5. The van der Waals surface area contributed by atoms with E-state index in [0.717, 1.165) is 0 Å². The van der Waals surface area contributed by atoms with Crippen LogP contribution in [0.3, 0.4) is 0 Å². The van der Waals surface area contributed by atoms with Crippen molar-refractivity contribution in [2.24, 2.45) is 0 Å². The average Bonchev–Trinajstić information content (AvgIpc) is 3.72. The molecule has 0 aromatic heterocycles. The Morgan fingerprint density at radius 1 is 0.368 bits per heavy atom. The first kappa shape index (κ1) is 35.6. The SMILES string of the molecule is CC1=C(C)SC(=C([C]2[CH][CH][CH][CH]2)C([C]2[CH][CH][CH][CH]2)=C2SC(C)=C(C)S2)S1.[CH]1[CH][CH][CH][CH]1.[CH]1[CH][CH][CH][CH]1.[Fe+2].[Fe+2]. The van der Waals surface area contributed by atoms with Crippen LogP contribution < -0.4 is 0 Å². The van der Waals surface area contributed by atoms with E-state index in [4.69, 9.17) is 0 Å². The summed E-state index contributed by atoms with van der Waals surface area (Å²) < 4.78 is 2.80. The van der Waals surface area contributed by atoms with Crippen molar-refractivity contribution in [2.75, 3.05) is 0 Å². The van der Waals surface area contributed by atoms with E-state index >= 15 is 0 Å². The van der Waals surface area contributed by atoms with Crippen LogP contribution in [0.2, 0.25) is 0 Å². The van der Waals surface area contributed by atoms with Crippen LogP contribution >= 0.6 is 47.0 Å². The van der Waals surface area contributed by atoms with Gasteiger partial charge in [-0.15, -0.1) is 0 Å². The molecule has 4 fully saturated rings. The largest absolute Gasteiger partial charge is 2.00 e. The second-order valence-electron chi connectivity index (χ2n) is 8.23. The number of hydrogen-bond acceptors (Lipinski definition) is 4. The van der Waals surface area contributed by atoms with E-state index in [1.807, 2.05) is 111 Å². The molecule has 6 heteroatoms. The Morgan fingerprint density at radius 2 is 0.579 bits per heavy atom. The summed E-state index contributed by atoms with van der Waals surface area (Å²) in [4.78, 5) is 5.66. The van der Waals surface area contributed by atoms with Gasteiger partial charge >= 0.3 is 34.1 Å². The summed E-state index contributed by atoms with van der Waals surface area (Å²) in [7, 11) is 0. The molecule has 0 N–H and O–H groups in total. The van der Waals surface area contributed by atoms with Crippen molar-refractivity contribution in [3.05, 3.63) is 167 Å². The van der Waals surface area contributed by atoms with Gasteiger partial charge in [-0.25, -0.2) is 0 Å². The van der Waals surface area contributed by atoms with E-state index in [1.165, 1.54) is 51.1 Å². The maximum Gasteiger partial charge on any atom is 2.00 e. The maximum absolute atomic E-state index is 2.24. The minimum Gasteiger partial charge on any atom is -0.0863 e. The fourth-order valence-electron chi connectivity index (χ4n) is 3.54. The Bertz CT molecular complexity index is 747. The Kier molecular flexibility index (Phi) is 17.6. The molecule has 0 aromatic rings. The zero-order valence-electron chi connectivity index (χ0n) is 21.7. The first-order valence-corrected chi connectivity index (χ1v) is 15.1. The summed E-state index contributed by atoms with van der Waals surface area (Å²) in [6, 6.07) is 0. The van der Waals surface area contributed by atoms with Gasteiger partial charge in [-0.05, 0) is 174 Å². The Labute approximate surface area is 273 Å². The van der Waals surface area contributed by atoms with Crippen molar-refractivity contribution in [3.8, 4) is 0 Å². The van der Waals surface area contributed by atoms with Crippen LogP contribution in [0.5, 0.6) is 0 Å². The smallest absolute Gasteiger partial charge is 0.0863 e. The van der Waals surface area contributed by atoms with E-state index in [1.54, 1.807) is 0 Å². The number of hydrogen-bond donors (Lipinski definition) is 0. The van der Waals surface area contributed by atoms with Crippen LogP contribution in [-0.4, -0.2) is 0 Å². The Hall–Kier alpha value is 1.40. The molecule has 20 radical (unpaired) electrons. The van der Waals surface area contributed by atoms with E-state index in [9.17, 15) is 0 Å².